The van der Waals surface area contributed by atoms with Crippen molar-refractivity contribution in [2.24, 2.45) is 11.7 Å². The Hall–Kier alpha value is -2.93. The van der Waals surface area contributed by atoms with Gasteiger partial charge in [-0.3, -0.25) is 9.78 Å². The number of rotatable bonds is 8. The molecule has 174 valence electrons. The Labute approximate surface area is 190 Å². The van der Waals surface area contributed by atoms with Crippen LogP contribution < -0.4 is 11.1 Å². The maximum absolute atomic E-state index is 12.4. The molecule has 32 heavy (non-hydrogen) atoms. The summed E-state index contributed by atoms with van der Waals surface area (Å²) in [5.41, 5.74) is 10.8. The maximum atomic E-state index is 12.4. The minimum Gasteiger partial charge on any atom is -0.481 e. The highest BCUT2D eigenvalue weighted by Crippen LogP contribution is 2.33. The van der Waals surface area contributed by atoms with Crippen LogP contribution in [0.25, 0.3) is 11.1 Å². The van der Waals surface area contributed by atoms with Crippen molar-refractivity contribution in [1.29, 1.82) is 0 Å². The number of aromatic nitrogens is 1. The first-order chi connectivity index (χ1) is 14.9. The number of amides is 1. The fraction of sp³-hybridized carbons (Fsp3) is 0.480. The lowest BCUT2D eigenvalue weighted by atomic mass is 9.88. The molecule has 4 N–H and O–H groups in total. The summed E-state index contributed by atoms with van der Waals surface area (Å²) in [6.07, 6.45) is 0.0134. The number of alkyl carbamates (subject to hydrolysis) is 1. The number of pyridine rings is 1. The maximum Gasteiger partial charge on any atom is 0.407 e. The van der Waals surface area contributed by atoms with E-state index >= 15 is 0 Å². The van der Waals surface area contributed by atoms with E-state index in [0.717, 1.165) is 27.9 Å². The summed E-state index contributed by atoms with van der Waals surface area (Å²) >= 11 is 0. The highest BCUT2D eigenvalue weighted by molar-refractivity contribution is 5.80. The first-order valence-electron chi connectivity index (χ1n) is 10.9. The molecule has 0 aliphatic rings. The van der Waals surface area contributed by atoms with Crippen LogP contribution in [-0.2, 0) is 35.5 Å². The number of carbonyl (C=O) groups is 2. The van der Waals surface area contributed by atoms with Crippen molar-refractivity contribution in [1.82, 2.24) is 10.3 Å². The van der Waals surface area contributed by atoms with Gasteiger partial charge < -0.3 is 20.9 Å². The molecule has 0 fully saturated rings. The second-order valence-electron chi connectivity index (χ2n) is 9.40. The van der Waals surface area contributed by atoms with Gasteiger partial charge in [0.15, 0.2) is 0 Å². The zero-order valence-corrected chi connectivity index (χ0v) is 19.9. The molecule has 1 amide bonds. The molecule has 0 atom stereocenters. The summed E-state index contributed by atoms with van der Waals surface area (Å²) in [4.78, 5) is 28.8. The summed E-state index contributed by atoms with van der Waals surface area (Å²) in [6, 6.07) is 7.75. The standard InChI is InChI=1S/C25H35N3O4/c1-15(2)11-21-20(14-27-24(31)32-25(4,5)6)23(18-9-7-17(13-26)8-10-18)19(12-22(29)30)16(3)28-21/h7-10,15H,11-14,26H2,1-6H3,(H,27,31)(H,29,30). The van der Waals surface area contributed by atoms with Gasteiger partial charge in [-0.2, -0.15) is 0 Å². The number of nitrogens with zero attached hydrogens (tertiary/aromatic N) is 1. The molecule has 0 aliphatic carbocycles. The predicted octanol–water partition coefficient (Wildman–Crippen LogP) is 4.37. The molecule has 7 heteroatoms. The Kier molecular flexibility index (Phi) is 8.38. The molecule has 0 saturated heterocycles. The zero-order chi connectivity index (χ0) is 24.1. The van der Waals surface area contributed by atoms with Gasteiger partial charge >= 0.3 is 12.1 Å². The summed E-state index contributed by atoms with van der Waals surface area (Å²) in [5.74, 6) is -0.600. The van der Waals surface area contributed by atoms with E-state index in [-0.39, 0.29) is 13.0 Å². The summed E-state index contributed by atoms with van der Waals surface area (Å²) < 4.78 is 5.40. The number of nitrogens with one attached hydrogen (secondary N) is 1. The molecular weight excluding hydrogens is 406 g/mol. The Bertz CT molecular complexity index is 961. The first-order valence-corrected chi connectivity index (χ1v) is 10.9. The van der Waals surface area contributed by atoms with Crippen molar-refractivity contribution in [3.63, 3.8) is 0 Å². The minimum atomic E-state index is -0.933. The highest BCUT2D eigenvalue weighted by atomic mass is 16.6. The van der Waals surface area contributed by atoms with Gasteiger partial charge in [0.25, 0.3) is 0 Å². The van der Waals surface area contributed by atoms with Crippen LogP contribution in [0.5, 0.6) is 0 Å². The lowest BCUT2D eigenvalue weighted by Gasteiger charge is -2.23. The van der Waals surface area contributed by atoms with Gasteiger partial charge in [0.1, 0.15) is 5.60 Å². The van der Waals surface area contributed by atoms with Gasteiger partial charge in [0.2, 0.25) is 0 Å². The van der Waals surface area contributed by atoms with E-state index in [9.17, 15) is 14.7 Å². The van der Waals surface area contributed by atoms with Crippen molar-refractivity contribution in [3.05, 3.63) is 52.3 Å². The number of hydrogen-bond donors (Lipinski definition) is 3. The minimum absolute atomic E-state index is 0.159. The summed E-state index contributed by atoms with van der Waals surface area (Å²) in [7, 11) is 0. The number of carbonyl (C=O) groups excluding carboxylic acids is 1. The summed E-state index contributed by atoms with van der Waals surface area (Å²) in [6.45, 7) is 12.1. The van der Waals surface area contributed by atoms with E-state index in [0.29, 0.717) is 30.1 Å². The van der Waals surface area contributed by atoms with Crippen LogP contribution in [0.3, 0.4) is 0 Å². The molecule has 2 rings (SSSR count). The second-order valence-corrected chi connectivity index (χ2v) is 9.40. The van der Waals surface area contributed by atoms with Gasteiger partial charge in [-0.25, -0.2) is 4.79 Å². The van der Waals surface area contributed by atoms with Gasteiger partial charge in [-0.1, -0.05) is 38.1 Å². The number of benzene rings is 1. The fourth-order valence-electron chi connectivity index (χ4n) is 3.59. The molecule has 0 radical (unpaired) electrons. The lowest BCUT2D eigenvalue weighted by Crippen LogP contribution is -2.32. The number of nitrogens with two attached hydrogens (primary N) is 1. The normalized spacial score (nSPS) is 11.5. The van der Waals surface area contributed by atoms with E-state index in [4.69, 9.17) is 15.5 Å². The Morgan fingerprint density at radius 1 is 1.16 bits per heavy atom. The van der Waals surface area contributed by atoms with Gasteiger partial charge in [-0.05, 0) is 62.3 Å². The SMILES string of the molecule is Cc1nc(CC(C)C)c(CNC(=O)OC(C)(C)C)c(-c2ccc(CN)cc2)c1CC(=O)O. The number of aryl methyl sites for hydroxylation is 1. The van der Waals surface area contributed by atoms with Crippen LogP contribution in [0.15, 0.2) is 24.3 Å². The smallest absolute Gasteiger partial charge is 0.407 e. The molecule has 0 bridgehead atoms. The third-order valence-corrected chi connectivity index (χ3v) is 4.91. The molecule has 2 aromatic rings. The average molecular weight is 442 g/mol. The number of carboxylic acid groups (broad SMARTS) is 1. The van der Waals surface area contributed by atoms with Gasteiger partial charge in [0, 0.05) is 30.0 Å². The molecule has 7 nitrogen and oxygen atoms in total. The number of ether oxygens (including phenoxy) is 1. The van der Waals surface area contributed by atoms with Crippen molar-refractivity contribution in [2.75, 3.05) is 0 Å². The van der Waals surface area contributed by atoms with E-state index in [1.165, 1.54) is 0 Å². The van der Waals surface area contributed by atoms with Gasteiger partial charge in [0.05, 0.1) is 6.42 Å². The molecule has 1 heterocycles. The number of aliphatic carboxylic acids is 1. The van der Waals surface area contributed by atoms with Crippen LogP contribution in [0.4, 0.5) is 4.79 Å². The van der Waals surface area contributed by atoms with Crippen LogP contribution in [0.1, 0.15) is 62.7 Å². The van der Waals surface area contributed by atoms with Crippen LogP contribution in [-0.4, -0.2) is 27.8 Å². The van der Waals surface area contributed by atoms with E-state index < -0.39 is 17.7 Å². The monoisotopic (exact) mass is 441 g/mol. The Morgan fingerprint density at radius 2 is 1.78 bits per heavy atom. The number of hydrogen-bond acceptors (Lipinski definition) is 5. The largest absolute Gasteiger partial charge is 0.481 e. The highest BCUT2D eigenvalue weighted by Gasteiger charge is 2.23. The van der Waals surface area contributed by atoms with Crippen LogP contribution >= 0.6 is 0 Å². The molecule has 0 aliphatic heterocycles. The molecule has 0 spiro atoms. The topological polar surface area (TPSA) is 115 Å². The van der Waals surface area contributed by atoms with E-state index in [1.807, 2.05) is 31.2 Å². The lowest BCUT2D eigenvalue weighted by molar-refractivity contribution is -0.136. The van der Waals surface area contributed by atoms with Crippen LogP contribution in [0, 0.1) is 12.8 Å². The van der Waals surface area contributed by atoms with E-state index in [2.05, 4.69) is 19.2 Å². The molecule has 1 aromatic carbocycles. The predicted molar refractivity (Wildman–Crippen MR) is 125 cm³/mol. The third-order valence-electron chi connectivity index (χ3n) is 4.91. The molecule has 0 saturated carbocycles. The van der Waals surface area contributed by atoms with Crippen LogP contribution in [0.2, 0.25) is 0 Å². The fourth-order valence-corrected chi connectivity index (χ4v) is 3.59. The van der Waals surface area contributed by atoms with E-state index in [1.54, 1.807) is 20.8 Å². The second kappa shape index (κ2) is 10.6. The van der Waals surface area contributed by atoms with Crippen molar-refractivity contribution < 1.29 is 19.4 Å². The van der Waals surface area contributed by atoms with Crippen molar-refractivity contribution >= 4 is 12.1 Å². The number of carboxylic acids is 1. The molecule has 0 unspecified atom stereocenters. The van der Waals surface area contributed by atoms with Crippen molar-refractivity contribution in [2.45, 2.75) is 73.1 Å². The zero-order valence-electron chi connectivity index (χ0n) is 19.9. The molecular formula is C25H35N3O4. The Morgan fingerprint density at radius 3 is 2.28 bits per heavy atom. The van der Waals surface area contributed by atoms with Gasteiger partial charge in [-0.15, -0.1) is 0 Å². The quantitative estimate of drug-likeness (QED) is 0.560. The third kappa shape index (κ3) is 7.05. The first kappa shape index (κ1) is 25.3. The average Bonchev–Trinajstić information content (AvgIpc) is 2.67. The van der Waals surface area contributed by atoms with Crippen molar-refractivity contribution in [3.8, 4) is 11.1 Å². The summed E-state index contributed by atoms with van der Waals surface area (Å²) in [5, 5.41) is 12.4. The molecule has 1 aromatic heterocycles. The Balaban J connectivity index is 2.65.